The SMILES string of the molecule is Cc1ccc(NC(=O)C(=O)NCC(=O)NCC2(c3cccs3)CCCC2)c([N+](=O)[O-])c1. The van der Waals surface area contributed by atoms with Crippen molar-refractivity contribution in [3.05, 3.63) is 56.3 Å². The summed E-state index contributed by atoms with van der Waals surface area (Å²) in [5.74, 6) is -2.52. The fraction of sp³-hybridized carbons (Fsp3) is 0.381. The Kier molecular flexibility index (Phi) is 7.01. The van der Waals surface area contributed by atoms with Crippen LogP contribution in [0.15, 0.2) is 35.7 Å². The predicted molar refractivity (Wildman–Crippen MR) is 117 cm³/mol. The molecule has 10 heteroatoms. The monoisotopic (exact) mass is 444 g/mol. The second-order valence-electron chi connectivity index (χ2n) is 7.66. The van der Waals surface area contributed by atoms with Gasteiger partial charge in [0, 0.05) is 22.9 Å². The van der Waals surface area contributed by atoms with E-state index in [0.717, 1.165) is 25.7 Å². The Morgan fingerprint density at radius 2 is 1.87 bits per heavy atom. The number of nitro benzene ring substituents is 1. The van der Waals surface area contributed by atoms with Gasteiger partial charge in [0.15, 0.2) is 0 Å². The van der Waals surface area contributed by atoms with E-state index in [4.69, 9.17) is 0 Å². The van der Waals surface area contributed by atoms with E-state index in [-0.39, 0.29) is 23.3 Å². The molecule has 1 fully saturated rings. The number of benzene rings is 1. The third-order valence-corrected chi connectivity index (χ3v) is 6.56. The van der Waals surface area contributed by atoms with Crippen LogP contribution in [-0.4, -0.2) is 35.7 Å². The molecule has 1 aliphatic carbocycles. The van der Waals surface area contributed by atoms with Crippen LogP contribution in [0, 0.1) is 17.0 Å². The first kappa shape index (κ1) is 22.4. The van der Waals surface area contributed by atoms with E-state index in [9.17, 15) is 24.5 Å². The summed E-state index contributed by atoms with van der Waals surface area (Å²) >= 11 is 1.68. The highest BCUT2D eigenvalue weighted by molar-refractivity contribution is 7.10. The molecule has 0 aliphatic heterocycles. The Labute approximate surface area is 183 Å². The Bertz CT molecular complexity index is 984. The zero-order valence-corrected chi connectivity index (χ0v) is 17.9. The minimum absolute atomic E-state index is 0.0738. The van der Waals surface area contributed by atoms with Gasteiger partial charge in [-0.3, -0.25) is 24.5 Å². The molecule has 0 unspecified atom stereocenters. The highest BCUT2D eigenvalue weighted by Crippen LogP contribution is 2.42. The third kappa shape index (κ3) is 5.46. The Balaban J connectivity index is 1.51. The van der Waals surface area contributed by atoms with Gasteiger partial charge in [0.2, 0.25) is 5.91 Å². The third-order valence-electron chi connectivity index (χ3n) is 5.44. The van der Waals surface area contributed by atoms with Crippen LogP contribution in [-0.2, 0) is 19.8 Å². The van der Waals surface area contributed by atoms with Crippen molar-refractivity contribution < 1.29 is 19.3 Å². The van der Waals surface area contributed by atoms with Gasteiger partial charge in [-0.25, -0.2) is 0 Å². The van der Waals surface area contributed by atoms with Crippen LogP contribution in [0.4, 0.5) is 11.4 Å². The molecule has 31 heavy (non-hydrogen) atoms. The van der Waals surface area contributed by atoms with E-state index in [1.807, 2.05) is 11.4 Å². The molecule has 1 aromatic heterocycles. The summed E-state index contributed by atoms with van der Waals surface area (Å²) in [4.78, 5) is 48.1. The van der Waals surface area contributed by atoms with Crippen molar-refractivity contribution in [2.45, 2.75) is 38.0 Å². The number of hydrogen-bond acceptors (Lipinski definition) is 6. The van der Waals surface area contributed by atoms with Gasteiger partial charge in [0.1, 0.15) is 5.69 Å². The molecule has 1 aromatic carbocycles. The maximum Gasteiger partial charge on any atom is 0.313 e. The molecular weight excluding hydrogens is 420 g/mol. The summed E-state index contributed by atoms with van der Waals surface area (Å²) in [6.45, 7) is 1.80. The van der Waals surface area contributed by atoms with Gasteiger partial charge in [-0.15, -0.1) is 11.3 Å². The molecule has 0 spiro atoms. The number of aryl methyl sites for hydroxylation is 1. The minimum atomic E-state index is -1.08. The molecule has 9 nitrogen and oxygen atoms in total. The summed E-state index contributed by atoms with van der Waals surface area (Å²) in [5, 5.41) is 20.5. The summed E-state index contributed by atoms with van der Waals surface area (Å²) in [5.41, 5.74) is 0.178. The molecule has 2 aromatic rings. The number of carbonyl (C=O) groups excluding carboxylic acids is 3. The number of anilines is 1. The lowest BCUT2D eigenvalue weighted by Crippen LogP contribution is -2.45. The molecule has 3 rings (SSSR count). The second-order valence-corrected chi connectivity index (χ2v) is 8.60. The van der Waals surface area contributed by atoms with Crippen molar-refractivity contribution in [3.63, 3.8) is 0 Å². The first-order valence-corrected chi connectivity index (χ1v) is 10.8. The van der Waals surface area contributed by atoms with Gasteiger partial charge in [0.25, 0.3) is 5.69 Å². The van der Waals surface area contributed by atoms with Crippen LogP contribution < -0.4 is 16.0 Å². The van der Waals surface area contributed by atoms with Crippen molar-refractivity contribution >= 4 is 40.4 Å². The van der Waals surface area contributed by atoms with Crippen LogP contribution in [0.1, 0.15) is 36.1 Å². The summed E-state index contributed by atoms with van der Waals surface area (Å²) in [7, 11) is 0. The average molecular weight is 445 g/mol. The molecule has 1 saturated carbocycles. The van der Waals surface area contributed by atoms with Crippen LogP contribution in [0.2, 0.25) is 0 Å². The maximum atomic E-state index is 12.2. The number of amides is 3. The quantitative estimate of drug-likeness (QED) is 0.343. The molecule has 0 atom stereocenters. The molecule has 0 bridgehead atoms. The summed E-state index contributed by atoms with van der Waals surface area (Å²) in [6, 6.07) is 8.32. The number of hydrogen-bond donors (Lipinski definition) is 3. The molecule has 3 N–H and O–H groups in total. The lowest BCUT2D eigenvalue weighted by molar-refractivity contribution is -0.384. The van der Waals surface area contributed by atoms with Crippen molar-refractivity contribution in [2.24, 2.45) is 0 Å². The fourth-order valence-corrected chi connectivity index (χ4v) is 4.78. The molecule has 1 heterocycles. The first-order chi connectivity index (χ1) is 14.8. The molecule has 3 amide bonds. The Morgan fingerprint density at radius 3 is 2.52 bits per heavy atom. The van der Waals surface area contributed by atoms with Crippen molar-refractivity contribution in [1.82, 2.24) is 10.6 Å². The smallest absolute Gasteiger partial charge is 0.313 e. The summed E-state index contributed by atoms with van der Waals surface area (Å²) < 4.78 is 0. The maximum absolute atomic E-state index is 12.2. The lowest BCUT2D eigenvalue weighted by atomic mass is 9.84. The molecule has 164 valence electrons. The van der Waals surface area contributed by atoms with Gasteiger partial charge >= 0.3 is 11.8 Å². The van der Waals surface area contributed by atoms with Gasteiger partial charge in [-0.05, 0) is 42.8 Å². The van der Waals surface area contributed by atoms with Crippen LogP contribution in [0.3, 0.4) is 0 Å². The number of thiophene rings is 1. The lowest BCUT2D eigenvalue weighted by Gasteiger charge is -2.28. The standard InChI is InChI=1S/C21H24N4O5S/c1-14-6-7-15(16(11-14)25(29)30)24-20(28)19(27)22-12-18(26)23-13-21(8-2-3-9-21)17-5-4-10-31-17/h4-7,10-11H,2-3,8-9,12-13H2,1H3,(H,22,27)(H,23,26)(H,24,28). The van der Waals surface area contributed by atoms with E-state index in [1.54, 1.807) is 24.3 Å². The molecule has 0 saturated heterocycles. The van der Waals surface area contributed by atoms with E-state index in [0.29, 0.717) is 12.1 Å². The number of rotatable bonds is 7. The zero-order valence-electron chi connectivity index (χ0n) is 17.1. The van der Waals surface area contributed by atoms with Gasteiger partial charge < -0.3 is 16.0 Å². The Morgan fingerprint density at radius 1 is 1.13 bits per heavy atom. The van der Waals surface area contributed by atoms with Crippen molar-refractivity contribution in [3.8, 4) is 0 Å². The van der Waals surface area contributed by atoms with Crippen molar-refractivity contribution in [2.75, 3.05) is 18.4 Å². The Hall–Kier alpha value is -3.27. The van der Waals surface area contributed by atoms with Crippen LogP contribution >= 0.6 is 11.3 Å². The number of nitro groups is 1. The fourth-order valence-electron chi connectivity index (χ4n) is 3.79. The first-order valence-electron chi connectivity index (χ1n) is 9.96. The average Bonchev–Trinajstić information content (AvgIpc) is 3.44. The molecule has 0 radical (unpaired) electrons. The van der Waals surface area contributed by atoms with E-state index in [1.165, 1.54) is 17.0 Å². The highest BCUT2D eigenvalue weighted by atomic mass is 32.1. The van der Waals surface area contributed by atoms with E-state index < -0.39 is 22.6 Å². The van der Waals surface area contributed by atoms with Gasteiger partial charge in [-0.2, -0.15) is 0 Å². The predicted octanol–water partition coefficient (Wildman–Crippen LogP) is 2.65. The molecule has 1 aliphatic rings. The number of carbonyl (C=O) groups is 3. The van der Waals surface area contributed by atoms with Crippen LogP contribution in [0.5, 0.6) is 0 Å². The minimum Gasteiger partial charge on any atom is -0.354 e. The highest BCUT2D eigenvalue weighted by Gasteiger charge is 2.36. The molecular formula is C21H24N4O5S. The van der Waals surface area contributed by atoms with Gasteiger partial charge in [-0.1, -0.05) is 25.0 Å². The normalized spacial score (nSPS) is 14.6. The van der Waals surface area contributed by atoms with Gasteiger partial charge in [0.05, 0.1) is 11.5 Å². The van der Waals surface area contributed by atoms with Crippen molar-refractivity contribution in [1.29, 1.82) is 0 Å². The number of nitrogens with zero attached hydrogens (tertiary/aromatic N) is 1. The zero-order chi connectivity index (χ0) is 22.4. The number of nitrogens with one attached hydrogen (secondary N) is 3. The van der Waals surface area contributed by atoms with Crippen LogP contribution in [0.25, 0.3) is 0 Å². The largest absolute Gasteiger partial charge is 0.354 e. The van der Waals surface area contributed by atoms with E-state index in [2.05, 4.69) is 22.0 Å². The van der Waals surface area contributed by atoms with E-state index >= 15 is 0 Å². The topological polar surface area (TPSA) is 130 Å². The summed E-state index contributed by atoms with van der Waals surface area (Å²) in [6.07, 6.45) is 4.21. The second kappa shape index (κ2) is 9.69.